The second-order valence-electron chi connectivity index (χ2n) is 7.73. The first-order chi connectivity index (χ1) is 14.3. The molecule has 1 aliphatic heterocycles. The number of benzene rings is 1. The molecule has 1 aromatic carbocycles. The van der Waals surface area contributed by atoms with Crippen LogP contribution < -0.4 is 0 Å². The van der Waals surface area contributed by atoms with Crippen molar-refractivity contribution in [1.29, 1.82) is 0 Å². The maximum atomic E-state index is 13.3. The lowest BCUT2D eigenvalue weighted by atomic mass is 10.1. The van der Waals surface area contributed by atoms with Crippen LogP contribution in [0.5, 0.6) is 0 Å². The van der Waals surface area contributed by atoms with Crippen LogP contribution in [0.1, 0.15) is 38.7 Å². The third-order valence-corrected chi connectivity index (χ3v) is 8.14. The lowest BCUT2D eigenvalue weighted by Gasteiger charge is -2.31. The van der Waals surface area contributed by atoms with E-state index in [0.717, 1.165) is 12.8 Å². The van der Waals surface area contributed by atoms with Gasteiger partial charge in [-0.1, -0.05) is 35.4 Å². The molecule has 1 fully saturated rings. The topological polar surface area (TPSA) is 129 Å². The van der Waals surface area contributed by atoms with Crippen LogP contribution in [0.15, 0.2) is 35.4 Å². The van der Waals surface area contributed by atoms with Crippen LogP contribution in [0.3, 0.4) is 0 Å². The predicted octanol–water partition coefficient (Wildman–Crippen LogP) is 4.82. The number of hydrogen-bond donors (Lipinski definition) is 1. The number of imide groups is 1. The summed E-state index contributed by atoms with van der Waals surface area (Å²) in [6.07, 6.45) is 1.03. The van der Waals surface area contributed by atoms with Gasteiger partial charge in [-0.25, -0.2) is 4.79 Å². The lowest BCUT2D eigenvalue weighted by Crippen LogP contribution is -2.60. The molecule has 0 bridgehead atoms. The SMILES string of the molecule is CCOP(=O)(CCCCc1ccccc1)CC(=O)[N@+]1(C(=O)O)CC(N=[N+]=[N-])CC1C. The Morgan fingerprint density at radius 3 is 2.63 bits per heavy atom. The number of aryl methyl sites for hydroxylation is 1. The van der Waals surface area contributed by atoms with Crippen molar-refractivity contribution in [2.75, 3.05) is 25.5 Å². The fourth-order valence-corrected chi connectivity index (χ4v) is 6.34. The van der Waals surface area contributed by atoms with Gasteiger partial charge in [-0.2, -0.15) is 9.28 Å². The van der Waals surface area contributed by atoms with E-state index in [4.69, 9.17) is 10.1 Å². The first-order valence-corrected chi connectivity index (χ1v) is 12.2. The van der Waals surface area contributed by atoms with Crippen molar-refractivity contribution in [3.8, 4) is 0 Å². The van der Waals surface area contributed by atoms with Gasteiger partial charge in [-0.3, -0.25) is 4.57 Å². The summed E-state index contributed by atoms with van der Waals surface area (Å²) in [6, 6.07) is 8.79. The molecule has 0 spiro atoms. The van der Waals surface area contributed by atoms with Crippen molar-refractivity contribution < 1.29 is 28.3 Å². The summed E-state index contributed by atoms with van der Waals surface area (Å²) in [4.78, 5) is 27.9. The highest BCUT2D eigenvalue weighted by atomic mass is 31.2. The van der Waals surface area contributed by atoms with Gasteiger partial charge in [-0.15, -0.1) is 0 Å². The smallest absolute Gasteiger partial charge is 0.435 e. The maximum absolute atomic E-state index is 13.3. The third-order valence-electron chi connectivity index (χ3n) is 5.66. The van der Waals surface area contributed by atoms with Crippen LogP contribution in [-0.2, 0) is 20.3 Å². The Kier molecular flexibility index (Phi) is 8.62. The van der Waals surface area contributed by atoms with E-state index >= 15 is 0 Å². The van der Waals surface area contributed by atoms with Crippen LogP contribution >= 0.6 is 7.37 Å². The van der Waals surface area contributed by atoms with Gasteiger partial charge in [0.2, 0.25) is 7.37 Å². The minimum atomic E-state index is -3.33. The highest BCUT2D eigenvalue weighted by Crippen LogP contribution is 2.49. The number of carboxylic acid groups (broad SMARTS) is 1. The second kappa shape index (κ2) is 10.7. The molecule has 3 unspecified atom stereocenters. The van der Waals surface area contributed by atoms with Crippen molar-refractivity contribution in [1.82, 2.24) is 0 Å². The molecule has 0 aliphatic carbocycles. The Labute approximate surface area is 176 Å². The van der Waals surface area contributed by atoms with E-state index in [1.165, 1.54) is 5.56 Å². The molecule has 1 N–H and O–H groups in total. The Morgan fingerprint density at radius 1 is 1.33 bits per heavy atom. The molecule has 164 valence electrons. The number of likely N-dealkylation sites (tertiary alicyclic amines) is 1. The summed E-state index contributed by atoms with van der Waals surface area (Å²) < 4.78 is 18.0. The number of carbonyl (C=O) groups excluding carboxylic acids is 1. The van der Waals surface area contributed by atoms with E-state index in [-0.39, 0.29) is 25.7 Å². The third kappa shape index (κ3) is 5.70. The molecule has 2 rings (SSSR count). The van der Waals surface area contributed by atoms with Crippen LogP contribution in [0.25, 0.3) is 10.4 Å². The number of hydrogen-bond acceptors (Lipinski definition) is 5. The zero-order valence-electron chi connectivity index (χ0n) is 17.5. The molecule has 10 heteroatoms. The number of amides is 2. The van der Waals surface area contributed by atoms with Crippen LogP contribution in [0.4, 0.5) is 4.79 Å². The van der Waals surface area contributed by atoms with Gasteiger partial charge < -0.3 is 9.63 Å². The van der Waals surface area contributed by atoms with Gasteiger partial charge in [0.15, 0.2) is 0 Å². The number of carbonyl (C=O) groups is 2. The van der Waals surface area contributed by atoms with E-state index in [1.54, 1.807) is 13.8 Å². The average molecular weight is 437 g/mol. The molecular weight excluding hydrogens is 407 g/mol. The first kappa shape index (κ1) is 24.1. The molecule has 30 heavy (non-hydrogen) atoms. The van der Waals surface area contributed by atoms with Crippen LogP contribution in [-0.4, -0.2) is 59.1 Å². The number of quaternary nitrogens is 1. The molecule has 2 amide bonds. The van der Waals surface area contributed by atoms with Crippen molar-refractivity contribution in [2.24, 2.45) is 5.11 Å². The molecular formula is C20H30N4O5P+. The molecule has 1 aromatic rings. The van der Waals surface area contributed by atoms with E-state index in [9.17, 15) is 19.3 Å². The molecule has 9 nitrogen and oxygen atoms in total. The minimum Gasteiger partial charge on any atom is -0.435 e. The van der Waals surface area contributed by atoms with Gasteiger partial charge in [0.05, 0.1) is 12.6 Å². The summed E-state index contributed by atoms with van der Waals surface area (Å²) in [6.45, 7) is 3.41. The fraction of sp³-hybridized carbons (Fsp3) is 0.600. The van der Waals surface area contributed by atoms with Crippen molar-refractivity contribution in [3.05, 3.63) is 46.3 Å². The summed E-state index contributed by atoms with van der Waals surface area (Å²) in [5.41, 5.74) is 9.86. The quantitative estimate of drug-likeness (QED) is 0.140. The predicted molar refractivity (Wildman–Crippen MR) is 114 cm³/mol. The average Bonchev–Trinajstić information content (AvgIpc) is 3.04. The van der Waals surface area contributed by atoms with Gasteiger partial charge in [0.25, 0.3) is 0 Å². The molecule has 1 saturated heterocycles. The van der Waals surface area contributed by atoms with Crippen LogP contribution in [0.2, 0.25) is 0 Å². The molecule has 1 aliphatic rings. The Bertz CT molecular complexity index is 843. The Morgan fingerprint density at radius 2 is 2.03 bits per heavy atom. The van der Waals surface area contributed by atoms with E-state index in [1.807, 2.05) is 30.3 Å². The number of rotatable bonds is 10. The highest BCUT2D eigenvalue weighted by Gasteiger charge is 2.57. The fourth-order valence-electron chi connectivity index (χ4n) is 4.12. The molecule has 0 radical (unpaired) electrons. The number of nitrogens with zero attached hydrogens (tertiary/aromatic N) is 4. The van der Waals surface area contributed by atoms with Crippen molar-refractivity contribution in [2.45, 2.75) is 51.6 Å². The van der Waals surface area contributed by atoms with Gasteiger partial charge in [0, 0.05) is 17.5 Å². The molecule has 0 saturated carbocycles. The second-order valence-corrected chi connectivity index (χ2v) is 10.4. The number of azide groups is 1. The zero-order chi connectivity index (χ0) is 22.2. The monoisotopic (exact) mass is 437 g/mol. The Hall–Kier alpha value is -2.18. The van der Waals surface area contributed by atoms with Gasteiger partial charge in [-0.05, 0) is 44.2 Å². The molecule has 1 heterocycles. The first-order valence-electron chi connectivity index (χ1n) is 10.2. The standard InChI is InChI=1S/C20H29N4O5P/c1-3-29-30(28,12-8-7-11-17-9-5-4-6-10-17)15-19(25)24(20(26)27)14-18(22-23-21)13-16(24)2/h4-6,9-10,16,18H,3,7-8,11-15H2,1-2H3/p+1/t16?,18?,24-,30?/m0/s1. The summed E-state index contributed by atoms with van der Waals surface area (Å²) in [5, 5.41) is 13.4. The largest absolute Gasteiger partial charge is 0.521 e. The van der Waals surface area contributed by atoms with Crippen molar-refractivity contribution >= 4 is 19.4 Å². The molecule has 4 atom stereocenters. The van der Waals surface area contributed by atoms with E-state index in [0.29, 0.717) is 6.42 Å². The minimum absolute atomic E-state index is 0.125. The normalized spacial score (nSPS) is 25.3. The highest BCUT2D eigenvalue weighted by molar-refractivity contribution is 7.59. The Balaban J connectivity index is 2.07. The summed E-state index contributed by atoms with van der Waals surface area (Å²) in [7, 11) is -3.33. The maximum Gasteiger partial charge on any atom is 0.521 e. The van der Waals surface area contributed by atoms with Gasteiger partial charge >= 0.3 is 12.0 Å². The molecule has 0 aromatic heterocycles. The van der Waals surface area contributed by atoms with E-state index < -0.39 is 42.1 Å². The lowest BCUT2D eigenvalue weighted by molar-refractivity contribution is -0.791. The number of unbranched alkanes of at least 4 members (excludes halogenated alkanes) is 1. The van der Waals surface area contributed by atoms with E-state index in [2.05, 4.69) is 10.0 Å². The van der Waals surface area contributed by atoms with Gasteiger partial charge in [0.1, 0.15) is 18.7 Å². The summed E-state index contributed by atoms with van der Waals surface area (Å²) >= 11 is 0. The van der Waals surface area contributed by atoms with Crippen molar-refractivity contribution in [3.63, 3.8) is 0 Å². The zero-order valence-corrected chi connectivity index (χ0v) is 18.4. The van der Waals surface area contributed by atoms with Crippen LogP contribution in [0, 0.1) is 0 Å². The summed E-state index contributed by atoms with van der Waals surface area (Å²) in [5.74, 6) is -0.648.